The summed E-state index contributed by atoms with van der Waals surface area (Å²) in [6, 6.07) is 10.5. The first kappa shape index (κ1) is 26.3. The van der Waals surface area contributed by atoms with Gasteiger partial charge in [0, 0.05) is 56.8 Å². The molecule has 1 aliphatic heterocycles. The molecule has 3 heterocycles. The monoisotopic (exact) mass is 505 g/mol. The summed E-state index contributed by atoms with van der Waals surface area (Å²) in [6.45, 7) is 3.73. The van der Waals surface area contributed by atoms with Crippen molar-refractivity contribution < 1.29 is 19.0 Å². The Morgan fingerprint density at radius 2 is 1.89 bits per heavy atom. The van der Waals surface area contributed by atoms with Gasteiger partial charge in [0.2, 0.25) is 11.8 Å². The normalized spacial score (nSPS) is 14.3. The maximum atomic E-state index is 12.8. The second kappa shape index (κ2) is 13.5. The van der Waals surface area contributed by atoms with Gasteiger partial charge in [0.1, 0.15) is 5.82 Å². The minimum absolute atomic E-state index is 0.0323. The van der Waals surface area contributed by atoms with Gasteiger partial charge in [0.25, 0.3) is 0 Å². The smallest absolute Gasteiger partial charge is 0.319 e. The van der Waals surface area contributed by atoms with E-state index in [0.717, 1.165) is 44.7 Å². The first-order valence-corrected chi connectivity index (χ1v) is 12.7. The largest absolute Gasteiger partial charge is 0.480 e. The molecule has 0 aliphatic carbocycles. The van der Waals surface area contributed by atoms with Crippen molar-refractivity contribution in [1.29, 1.82) is 0 Å². The van der Waals surface area contributed by atoms with Gasteiger partial charge in [0.15, 0.2) is 0 Å². The number of aromatic nitrogens is 4. The van der Waals surface area contributed by atoms with Crippen LogP contribution in [-0.4, -0.2) is 64.2 Å². The first-order chi connectivity index (χ1) is 18.2. The highest BCUT2D eigenvalue weighted by Crippen LogP contribution is 2.27. The molecule has 0 bridgehead atoms. The highest BCUT2D eigenvalue weighted by atomic mass is 16.5. The zero-order chi connectivity index (χ0) is 25.9. The number of aryl methyl sites for hydroxylation is 1. The zero-order valence-corrected chi connectivity index (χ0v) is 21.6. The van der Waals surface area contributed by atoms with E-state index in [9.17, 15) is 4.79 Å². The number of ether oxygens (including phenoxy) is 3. The molecule has 9 heteroatoms. The van der Waals surface area contributed by atoms with Crippen LogP contribution in [0.4, 0.5) is 0 Å². The third kappa shape index (κ3) is 7.39. The molecule has 1 aromatic carbocycles. The third-order valence-electron chi connectivity index (χ3n) is 6.51. The number of hydrogen-bond donors (Lipinski definition) is 0. The Morgan fingerprint density at radius 3 is 2.65 bits per heavy atom. The van der Waals surface area contributed by atoms with Gasteiger partial charge in [-0.15, -0.1) is 0 Å². The summed E-state index contributed by atoms with van der Waals surface area (Å²) >= 11 is 0. The fourth-order valence-electron chi connectivity index (χ4n) is 4.48. The number of rotatable bonds is 12. The SMILES string of the molecule is COc1ncc(C=CC(=O)N2CCC(c3nccn3CCCCOCc3ccccc3)CC2)c(OC)n1. The third-order valence-corrected chi connectivity index (χ3v) is 6.51. The molecule has 1 fully saturated rings. The van der Waals surface area contributed by atoms with Crippen LogP contribution in [0.15, 0.2) is 55.0 Å². The van der Waals surface area contributed by atoms with Gasteiger partial charge in [-0.2, -0.15) is 4.98 Å². The quantitative estimate of drug-likeness (QED) is 0.270. The maximum Gasteiger partial charge on any atom is 0.319 e. The topological polar surface area (TPSA) is 91.6 Å². The van der Waals surface area contributed by atoms with Crippen molar-refractivity contribution in [1.82, 2.24) is 24.4 Å². The Labute approximate surface area is 218 Å². The number of carbonyl (C=O) groups is 1. The first-order valence-electron chi connectivity index (χ1n) is 12.7. The number of benzene rings is 1. The molecule has 0 N–H and O–H groups in total. The molecule has 0 saturated carbocycles. The minimum Gasteiger partial charge on any atom is -0.480 e. The van der Waals surface area contributed by atoms with Crippen LogP contribution in [0.3, 0.4) is 0 Å². The van der Waals surface area contributed by atoms with E-state index in [-0.39, 0.29) is 11.9 Å². The fraction of sp³-hybridized carbons (Fsp3) is 0.429. The van der Waals surface area contributed by atoms with Gasteiger partial charge in [-0.3, -0.25) is 4.79 Å². The number of imidazole rings is 1. The highest BCUT2D eigenvalue weighted by molar-refractivity contribution is 5.92. The van der Waals surface area contributed by atoms with Gasteiger partial charge < -0.3 is 23.7 Å². The predicted molar refractivity (Wildman–Crippen MR) is 140 cm³/mol. The number of piperidine rings is 1. The lowest BCUT2D eigenvalue weighted by Gasteiger charge is -2.31. The van der Waals surface area contributed by atoms with Crippen molar-refractivity contribution in [2.24, 2.45) is 0 Å². The van der Waals surface area contributed by atoms with Crippen molar-refractivity contribution in [2.45, 2.75) is 44.8 Å². The Morgan fingerprint density at radius 1 is 1.08 bits per heavy atom. The number of likely N-dealkylation sites (tertiary alicyclic amines) is 1. The van der Waals surface area contributed by atoms with Crippen molar-refractivity contribution >= 4 is 12.0 Å². The summed E-state index contributed by atoms with van der Waals surface area (Å²) in [5.41, 5.74) is 1.83. The van der Waals surface area contributed by atoms with Crippen molar-refractivity contribution in [3.63, 3.8) is 0 Å². The minimum atomic E-state index is -0.0323. The number of unbranched alkanes of at least 4 members (excludes halogenated alkanes) is 1. The molecular weight excluding hydrogens is 470 g/mol. The van der Waals surface area contributed by atoms with E-state index >= 15 is 0 Å². The van der Waals surface area contributed by atoms with Crippen molar-refractivity contribution in [2.75, 3.05) is 33.9 Å². The molecule has 1 amide bonds. The number of methoxy groups -OCH3 is 2. The number of hydrogen-bond acceptors (Lipinski definition) is 7. The summed E-state index contributed by atoms with van der Waals surface area (Å²) in [7, 11) is 3.02. The average Bonchev–Trinajstić information content (AvgIpc) is 3.42. The van der Waals surface area contributed by atoms with E-state index in [2.05, 4.69) is 37.8 Å². The van der Waals surface area contributed by atoms with Crippen LogP contribution in [0.1, 0.15) is 48.6 Å². The molecule has 0 unspecified atom stereocenters. The second-order valence-electron chi connectivity index (χ2n) is 8.98. The Bertz CT molecular complexity index is 1160. The average molecular weight is 506 g/mol. The van der Waals surface area contributed by atoms with Crippen molar-refractivity contribution in [3.8, 4) is 11.9 Å². The standard InChI is InChI=1S/C28H35N5O4/c1-35-27-24(20-30-28(31-27)36-2)10-11-25(34)32-16-12-23(13-17-32)26-29-14-18-33(26)15-6-7-19-37-21-22-8-4-3-5-9-22/h3-5,8-11,14,18,20,23H,6-7,12-13,15-17,19,21H2,1-2H3. The Kier molecular flexibility index (Phi) is 9.65. The van der Waals surface area contributed by atoms with Crippen LogP contribution < -0.4 is 9.47 Å². The maximum absolute atomic E-state index is 12.8. The van der Waals surface area contributed by atoms with Gasteiger partial charge in [-0.1, -0.05) is 30.3 Å². The molecule has 2 aromatic heterocycles. The summed E-state index contributed by atoms with van der Waals surface area (Å²) in [5, 5.41) is 0. The Hall–Kier alpha value is -3.72. The van der Waals surface area contributed by atoms with Crippen LogP contribution in [0.2, 0.25) is 0 Å². The van der Waals surface area contributed by atoms with E-state index in [1.165, 1.54) is 19.8 Å². The van der Waals surface area contributed by atoms with Gasteiger partial charge in [0.05, 0.1) is 26.4 Å². The van der Waals surface area contributed by atoms with Crippen LogP contribution in [-0.2, 0) is 22.7 Å². The van der Waals surface area contributed by atoms with E-state index in [4.69, 9.17) is 14.2 Å². The van der Waals surface area contributed by atoms with E-state index in [0.29, 0.717) is 37.1 Å². The van der Waals surface area contributed by atoms with Gasteiger partial charge in [-0.05, 0) is 37.3 Å². The van der Waals surface area contributed by atoms with Crippen LogP contribution in [0.5, 0.6) is 11.9 Å². The van der Waals surface area contributed by atoms with E-state index < -0.39 is 0 Å². The summed E-state index contributed by atoms with van der Waals surface area (Å²) in [4.78, 5) is 27.5. The molecule has 0 radical (unpaired) electrons. The summed E-state index contributed by atoms with van der Waals surface area (Å²) < 4.78 is 18.4. The predicted octanol–water partition coefficient (Wildman–Crippen LogP) is 4.11. The summed E-state index contributed by atoms with van der Waals surface area (Å²) in [6.07, 6.45) is 12.6. The molecule has 37 heavy (non-hydrogen) atoms. The van der Waals surface area contributed by atoms with Gasteiger partial charge >= 0.3 is 6.01 Å². The van der Waals surface area contributed by atoms with E-state index in [1.807, 2.05) is 29.3 Å². The second-order valence-corrected chi connectivity index (χ2v) is 8.98. The van der Waals surface area contributed by atoms with Crippen LogP contribution >= 0.6 is 0 Å². The molecule has 1 aliphatic rings. The molecule has 0 atom stereocenters. The lowest BCUT2D eigenvalue weighted by atomic mass is 9.95. The number of nitrogens with zero attached hydrogens (tertiary/aromatic N) is 5. The highest BCUT2D eigenvalue weighted by Gasteiger charge is 2.25. The summed E-state index contributed by atoms with van der Waals surface area (Å²) in [5.74, 6) is 1.81. The Balaban J connectivity index is 1.21. The molecule has 196 valence electrons. The zero-order valence-electron chi connectivity index (χ0n) is 21.6. The van der Waals surface area contributed by atoms with Crippen LogP contribution in [0, 0.1) is 0 Å². The number of carbonyl (C=O) groups excluding carboxylic acids is 1. The molecular formula is C28H35N5O4. The fourth-order valence-corrected chi connectivity index (χ4v) is 4.48. The van der Waals surface area contributed by atoms with Crippen molar-refractivity contribution in [3.05, 3.63) is 71.9 Å². The molecule has 9 nitrogen and oxygen atoms in total. The lowest BCUT2D eigenvalue weighted by Crippen LogP contribution is -2.37. The van der Waals surface area contributed by atoms with E-state index in [1.54, 1.807) is 18.3 Å². The van der Waals surface area contributed by atoms with Gasteiger partial charge in [-0.25, -0.2) is 9.97 Å². The lowest BCUT2D eigenvalue weighted by molar-refractivity contribution is -0.127. The molecule has 0 spiro atoms. The molecule has 3 aromatic rings. The number of amides is 1. The van der Waals surface area contributed by atoms with Crippen LogP contribution in [0.25, 0.3) is 6.08 Å². The molecule has 1 saturated heterocycles. The molecule has 4 rings (SSSR count).